The van der Waals surface area contributed by atoms with Crippen molar-refractivity contribution in [3.8, 4) is 0 Å². The molecule has 0 radical (unpaired) electrons. The predicted molar refractivity (Wildman–Crippen MR) is 106 cm³/mol. The van der Waals surface area contributed by atoms with Gasteiger partial charge >= 0.3 is 5.97 Å². The van der Waals surface area contributed by atoms with Crippen LogP contribution in [0.15, 0.2) is 6.07 Å². The van der Waals surface area contributed by atoms with Gasteiger partial charge in [0.1, 0.15) is 17.7 Å². The van der Waals surface area contributed by atoms with Crippen molar-refractivity contribution in [2.24, 2.45) is 0 Å². The number of aliphatic carboxylic acids is 1. The molecule has 1 aromatic heterocycles. The maximum Gasteiger partial charge on any atom is 0.320 e. The number of carboxylic acids is 1. The van der Waals surface area contributed by atoms with Crippen LogP contribution < -0.4 is 14.7 Å². The van der Waals surface area contributed by atoms with Crippen LogP contribution in [0.2, 0.25) is 0 Å². The highest BCUT2D eigenvalue weighted by atomic mass is 16.4. The van der Waals surface area contributed by atoms with Crippen LogP contribution in [0.1, 0.15) is 32.6 Å². The van der Waals surface area contributed by atoms with Crippen LogP contribution in [0.4, 0.5) is 17.6 Å². The van der Waals surface area contributed by atoms with Gasteiger partial charge in [-0.3, -0.25) is 9.69 Å². The third-order valence-electron chi connectivity index (χ3n) is 6.05. The van der Waals surface area contributed by atoms with Crippen LogP contribution in [-0.4, -0.2) is 84.3 Å². The van der Waals surface area contributed by atoms with E-state index in [-0.39, 0.29) is 0 Å². The molecule has 0 saturated carbocycles. The zero-order chi connectivity index (χ0) is 18.8. The zero-order valence-electron chi connectivity index (χ0n) is 16.2. The molecule has 1 aromatic rings. The largest absolute Gasteiger partial charge is 0.480 e. The first-order chi connectivity index (χ1) is 13.1. The molecular weight excluding hydrogens is 344 g/mol. The van der Waals surface area contributed by atoms with Crippen molar-refractivity contribution in [3.05, 3.63) is 6.07 Å². The number of anilines is 3. The van der Waals surface area contributed by atoms with Gasteiger partial charge in [-0.15, -0.1) is 0 Å². The summed E-state index contributed by atoms with van der Waals surface area (Å²) in [6, 6.07) is 1.69. The zero-order valence-corrected chi connectivity index (χ0v) is 16.2. The van der Waals surface area contributed by atoms with E-state index in [2.05, 4.69) is 20.8 Å². The van der Waals surface area contributed by atoms with E-state index < -0.39 is 12.0 Å². The monoisotopic (exact) mass is 374 g/mol. The first-order valence-corrected chi connectivity index (χ1v) is 10.2. The number of hydrogen-bond donors (Lipinski definition) is 1. The number of rotatable bonds is 5. The number of carbonyl (C=O) groups is 1. The number of carboxylic acid groups (broad SMARTS) is 1. The fourth-order valence-electron chi connectivity index (χ4n) is 4.23. The maximum atomic E-state index is 11.2. The molecule has 148 valence electrons. The lowest BCUT2D eigenvalue weighted by Gasteiger charge is -2.37. The Morgan fingerprint density at radius 1 is 0.852 bits per heavy atom. The van der Waals surface area contributed by atoms with Gasteiger partial charge in [0.15, 0.2) is 0 Å². The SMILES string of the molecule is CC(C(=O)O)N1CCN(c2cc(N3CCCC3)nc(N3CCCC3)n2)CC1. The molecule has 0 aliphatic carbocycles. The summed E-state index contributed by atoms with van der Waals surface area (Å²) in [6.07, 6.45) is 4.87. The first kappa shape index (κ1) is 18.3. The van der Waals surface area contributed by atoms with E-state index in [1.165, 1.54) is 25.7 Å². The Morgan fingerprint density at radius 2 is 1.33 bits per heavy atom. The summed E-state index contributed by atoms with van der Waals surface area (Å²) in [6.45, 7) is 9.06. The summed E-state index contributed by atoms with van der Waals surface area (Å²) < 4.78 is 0. The van der Waals surface area contributed by atoms with Crippen LogP contribution in [0.25, 0.3) is 0 Å². The molecule has 0 amide bonds. The van der Waals surface area contributed by atoms with Crippen molar-refractivity contribution >= 4 is 23.6 Å². The molecule has 8 heteroatoms. The number of aromatic nitrogens is 2. The van der Waals surface area contributed by atoms with Gasteiger partial charge in [0.2, 0.25) is 5.95 Å². The summed E-state index contributed by atoms with van der Waals surface area (Å²) in [4.78, 5) is 30.0. The molecule has 3 fully saturated rings. The smallest absolute Gasteiger partial charge is 0.320 e. The summed E-state index contributed by atoms with van der Waals surface area (Å²) in [5.74, 6) is 2.13. The first-order valence-electron chi connectivity index (χ1n) is 10.2. The highest BCUT2D eigenvalue weighted by molar-refractivity contribution is 5.73. The van der Waals surface area contributed by atoms with Crippen molar-refractivity contribution in [1.29, 1.82) is 0 Å². The Hall–Kier alpha value is -2.09. The minimum absolute atomic E-state index is 0.433. The van der Waals surface area contributed by atoms with Crippen molar-refractivity contribution in [2.45, 2.75) is 38.6 Å². The Morgan fingerprint density at radius 3 is 1.85 bits per heavy atom. The molecule has 3 aliphatic rings. The molecule has 1 unspecified atom stereocenters. The molecular formula is C19H30N6O2. The number of hydrogen-bond acceptors (Lipinski definition) is 7. The Labute approximate surface area is 160 Å². The van der Waals surface area contributed by atoms with Crippen molar-refractivity contribution in [3.63, 3.8) is 0 Å². The average molecular weight is 374 g/mol. The second kappa shape index (κ2) is 7.88. The Balaban J connectivity index is 1.53. The lowest BCUT2D eigenvalue weighted by molar-refractivity contribution is -0.142. The van der Waals surface area contributed by atoms with E-state index in [1.807, 2.05) is 4.90 Å². The molecule has 0 aromatic carbocycles. The second-order valence-corrected chi connectivity index (χ2v) is 7.81. The number of nitrogens with zero attached hydrogens (tertiary/aromatic N) is 6. The van der Waals surface area contributed by atoms with Gasteiger partial charge in [0, 0.05) is 58.4 Å². The van der Waals surface area contributed by atoms with Gasteiger partial charge in [0.05, 0.1) is 0 Å². The summed E-state index contributed by atoms with van der Waals surface area (Å²) >= 11 is 0. The molecule has 8 nitrogen and oxygen atoms in total. The topological polar surface area (TPSA) is 76.0 Å². The summed E-state index contributed by atoms with van der Waals surface area (Å²) in [5, 5.41) is 9.25. The van der Waals surface area contributed by atoms with Gasteiger partial charge in [0.25, 0.3) is 0 Å². The summed E-state index contributed by atoms with van der Waals surface area (Å²) in [7, 11) is 0. The summed E-state index contributed by atoms with van der Waals surface area (Å²) in [5.41, 5.74) is 0. The predicted octanol–water partition coefficient (Wildman–Crippen LogP) is 1.27. The molecule has 1 atom stereocenters. The van der Waals surface area contributed by atoms with Gasteiger partial charge < -0.3 is 19.8 Å². The van der Waals surface area contributed by atoms with Crippen LogP contribution in [-0.2, 0) is 4.79 Å². The molecule has 3 aliphatic heterocycles. The fraction of sp³-hybridized carbons (Fsp3) is 0.737. The molecule has 4 rings (SSSR count). The van der Waals surface area contributed by atoms with E-state index in [0.717, 1.165) is 69.9 Å². The highest BCUT2D eigenvalue weighted by Gasteiger charge is 2.27. The molecule has 3 saturated heterocycles. The second-order valence-electron chi connectivity index (χ2n) is 7.81. The van der Waals surface area contributed by atoms with Gasteiger partial charge in [-0.25, -0.2) is 0 Å². The maximum absolute atomic E-state index is 11.2. The molecule has 27 heavy (non-hydrogen) atoms. The van der Waals surface area contributed by atoms with Crippen LogP contribution in [0, 0.1) is 0 Å². The van der Waals surface area contributed by atoms with E-state index in [0.29, 0.717) is 0 Å². The quantitative estimate of drug-likeness (QED) is 0.826. The van der Waals surface area contributed by atoms with E-state index >= 15 is 0 Å². The molecule has 0 spiro atoms. The van der Waals surface area contributed by atoms with Crippen molar-refractivity contribution in [1.82, 2.24) is 14.9 Å². The normalized spacial score (nSPS) is 22.5. The number of piperazine rings is 1. The lowest BCUT2D eigenvalue weighted by Crippen LogP contribution is -2.52. The van der Waals surface area contributed by atoms with Crippen molar-refractivity contribution in [2.75, 3.05) is 67.1 Å². The fourth-order valence-corrected chi connectivity index (χ4v) is 4.23. The Kier molecular flexibility index (Phi) is 5.33. The van der Waals surface area contributed by atoms with E-state index in [4.69, 9.17) is 9.97 Å². The third kappa shape index (κ3) is 3.95. The minimum Gasteiger partial charge on any atom is -0.480 e. The lowest BCUT2D eigenvalue weighted by atomic mass is 10.2. The average Bonchev–Trinajstić information content (AvgIpc) is 3.41. The molecule has 4 heterocycles. The standard InChI is InChI=1S/C19H30N6O2/c1-15(18(26)27)22-10-12-24(13-11-22)17-14-16(23-6-2-3-7-23)20-19(21-17)25-8-4-5-9-25/h14-15H,2-13H2,1H3,(H,26,27). The molecule has 0 bridgehead atoms. The minimum atomic E-state index is -0.752. The van der Waals surface area contributed by atoms with E-state index in [1.54, 1.807) is 6.92 Å². The van der Waals surface area contributed by atoms with Crippen LogP contribution >= 0.6 is 0 Å². The van der Waals surface area contributed by atoms with E-state index in [9.17, 15) is 9.90 Å². The highest BCUT2D eigenvalue weighted by Crippen LogP contribution is 2.27. The Bertz CT molecular complexity index is 630. The van der Waals surface area contributed by atoms with Crippen LogP contribution in [0.5, 0.6) is 0 Å². The van der Waals surface area contributed by atoms with Gasteiger partial charge in [-0.1, -0.05) is 0 Å². The molecule has 1 N–H and O–H groups in total. The van der Waals surface area contributed by atoms with Crippen molar-refractivity contribution < 1.29 is 9.90 Å². The van der Waals surface area contributed by atoms with Gasteiger partial charge in [-0.05, 0) is 32.6 Å². The van der Waals surface area contributed by atoms with Gasteiger partial charge in [-0.2, -0.15) is 9.97 Å². The van der Waals surface area contributed by atoms with Crippen LogP contribution in [0.3, 0.4) is 0 Å². The third-order valence-corrected chi connectivity index (χ3v) is 6.05.